The number of nitrogens with two attached hydrogens (primary N) is 1. The van der Waals surface area contributed by atoms with E-state index in [0.717, 1.165) is 4.90 Å². The fourth-order valence-corrected chi connectivity index (χ4v) is 1.78. The molecule has 20 heavy (non-hydrogen) atoms. The molecule has 3 amide bonds. The summed E-state index contributed by atoms with van der Waals surface area (Å²) in [5.41, 5.74) is 4.95. The van der Waals surface area contributed by atoms with E-state index in [1.54, 1.807) is 23.5 Å². The van der Waals surface area contributed by atoms with Crippen molar-refractivity contribution in [2.45, 2.75) is 4.90 Å². The van der Waals surface area contributed by atoms with Crippen LogP contribution < -0.4 is 15.8 Å². The molecule has 0 aliphatic rings. The van der Waals surface area contributed by atoms with Gasteiger partial charge in [-0.05, 0) is 24.5 Å². The Balaban J connectivity index is 2.72. The number of carbonyl (C=O) groups is 3. The molecule has 3 N–H and O–H groups in total. The number of ether oxygens (including phenoxy) is 2. The predicted octanol–water partition coefficient (Wildman–Crippen LogP) is 0.769. The molecule has 7 nitrogen and oxygen atoms in total. The number of benzene rings is 1. The van der Waals surface area contributed by atoms with Crippen LogP contribution in [-0.2, 0) is 9.53 Å². The lowest BCUT2D eigenvalue weighted by molar-refractivity contribution is -0.123. The summed E-state index contributed by atoms with van der Waals surface area (Å²) in [7, 11) is 1.43. The molecule has 0 heterocycles. The molecule has 1 aromatic rings. The first-order chi connectivity index (χ1) is 9.47. The van der Waals surface area contributed by atoms with Crippen LogP contribution in [0.15, 0.2) is 23.1 Å². The van der Waals surface area contributed by atoms with E-state index >= 15 is 0 Å². The quantitative estimate of drug-likeness (QED) is 0.614. The lowest BCUT2D eigenvalue weighted by atomic mass is 10.2. The molecule has 0 aliphatic heterocycles. The zero-order valence-electron chi connectivity index (χ0n) is 11.0. The Morgan fingerprint density at radius 3 is 2.60 bits per heavy atom. The minimum Gasteiger partial charge on any atom is -0.496 e. The van der Waals surface area contributed by atoms with Gasteiger partial charge in [-0.3, -0.25) is 10.1 Å². The Morgan fingerprint density at radius 2 is 2.05 bits per heavy atom. The van der Waals surface area contributed by atoms with Gasteiger partial charge < -0.3 is 15.2 Å². The highest BCUT2D eigenvalue weighted by Crippen LogP contribution is 2.25. The molecule has 0 saturated heterocycles. The lowest BCUT2D eigenvalue weighted by Gasteiger charge is -2.09. The van der Waals surface area contributed by atoms with E-state index in [1.807, 2.05) is 6.26 Å². The Kier molecular flexibility index (Phi) is 5.85. The summed E-state index contributed by atoms with van der Waals surface area (Å²) in [5, 5.41) is 1.78. The molecule has 0 spiro atoms. The number of hydrogen-bond acceptors (Lipinski definition) is 6. The number of esters is 1. The van der Waals surface area contributed by atoms with Crippen LogP contribution in [0.5, 0.6) is 5.75 Å². The molecule has 8 heteroatoms. The molecule has 1 rings (SSSR count). The SMILES string of the molecule is COc1cc(SC)ccc1C(=O)OCC(=O)NC(N)=O. The largest absolute Gasteiger partial charge is 0.496 e. The highest BCUT2D eigenvalue weighted by molar-refractivity contribution is 7.98. The standard InChI is InChI=1S/C12H14N2O5S/c1-18-9-5-7(20-2)3-4-8(9)11(16)19-6-10(15)14-12(13)17/h3-5H,6H2,1-2H3,(H3,13,14,15,17). The highest BCUT2D eigenvalue weighted by Gasteiger charge is 2.16. The average molecular weight is 298 g/mol. The first-order valence-corrected chi connectivity index (χ1v) is 6.68. The third-order valence-electron chi connectivity index (χ3n) is 2.23. The van der Waals surface area contributed by atoms with E-state index < -0.39 is 24.5 Å². The van der Waals surface area contributed by atoms with Gasteiger partial charge in [-0.15, -0.1) is 11.8 Å². The number of carbonyl (C=O) groups excluding carboxylic acids is 3. The number of primary amides is 1. The fraction of sp³-hybridized carbons (Fsp3) is 0.250. The van der Waals surface area contributed by atoms with Gasteiger partial charge in [0.15, 0.2) is 6.61 Å². The molecular formula is C12H14N2O5S. The van der Waals surface area contributed by atoms with Crippen LogP contribution in [0.4, 0.5) is 4.79 Å². The summed E-state index contributed by atoms with van der Waals surface area (Å²) in [4.78, 5) is 34.3. The van der Waals surface area contributed by atoms with Gasteiger partial charge in [-0.1, -0.05) is 0 Å². The summed E-state index contributed by atoms with van der Waals surface area (Å²) in [6.45, 7) is -0.602. The zero-order valence-corrected chi connectivity index (χ0v) is 11.8. The summed E-state index contributed by atoms with van der Waals surface area (Å²) in [5.74, 6) is -1.18. The summed E-state index contributed by atoms with van der Waals surface area (Å²) in [6, 6.07) is 3.95. The molecule has 0 atom stereocenters. The molecular weight excluding hydrogens is 284 g/mol. The van der Waals surface area contributed by atoms with Crippen molar-refractivity contribution in [2.75, 3.05) is 20.0 Å². The summed E-state index contributed by atoms with van der Waals surface area (Å²) >= 11 is 1.50. The molecule has 1 aromatic carbocycles. The number of hydrogen-bond donors (Lipinski definition) is 2. The van der Waals surface area contributed by atoms with Crippen molar-refractivity contribution in [1.82, 2.24) is 5.32 Å². The van der Waals surface area contributed by atoms with Crippen LogP contribution in [0, 0.1) is 0 Å². The van der Waals surface area contributed by atoms with Gasteiger partial charge in [-0.25, -0.2) is 9.59 Å². The Morgan fingerprint density at radius 1 is 1.35 bits per heavy atom. The summed E-state index contributed by atoms with van der Waals surface area (Å²) < 4.78 is 9.85. The van der Waals surface area contributed by atoms with E-state index in [9.17, 15) is 14.4 Å². The number of methoxy groups -OCH3 is 1. The minimum absolute atomic E-state index is 0.192. The normalized spacial score (nSPS) is 9.70. The molecule has 0 unspecified atom stereocenters. The van der Waals surface area contributed by atoms with Gasteiger partial charge in [0.1, 0.15) is 11.3 Å². The molecule has 0 radical (unpaired) electrons. The van der Waals surface area contributed by atoms with E-state index in [-0.39, 0.29) is 5.56 Å². The van der Waals surface area contributed by atoms with Crippen LogP contribution in [0.3, 0.4) is 0 Å². The predicted molar refractivity (Wildman–Crippen MR) is 72.8 cm³/mol. The van der Waals surface area contributed by atoms with Crippen molar-refractivity contribution >= 4 is 29.7 Å². The van der Waals surface area contributed by atoms with Crippen molar-refractivity contribution in [1.29, 1.82) is 0 Å². The maximum Gasteiger partial charge on any atom is 0.342 e. The van der Waals surface area contributed by atoms with Crippen LogP contribution in [0.2, 0.25) is 0 Å². The van der Waals surface area contributed by atoms with E-state index in [1.165, 1.54) is 18.9 Å². The number of amides is 3. The smallest absolute Gasteiger partial charge is 0.342 e. The number of thioether (sulfide) groups is 1. The monoisotopic (exact) mass is 298 g/mol. The molecule has 0 aromatic heterocycles. The molecule has 0 fully saturated rings. The Bertz CT molecular complexity index is 533. The van der Waals surface area contributed by atoms with E-state index in [4.69, 9.17) is 15.2 Å². The van der Waals surface area contributed by atoms with Crippen LogP contribution in [0.1, 0.15) is 10.4 Å². The van der Waals surface area contributed by atoms with Gasteiger partial charge in [0.2, 0.25) is 0 Å². The minimum atomic E-state index is -1.01. The first kappa shape index (κ1) is 15.8. The van der Waals surface area contributed by atoms with Gasteiger partial charge in [0.25, 0.3) is 5.91 Å². The Hall–Kier alpha value is -2.22. The van der Waals surface area contributed by atoms with Crippen molar-refractivity contribution in [3.63, 3.8) is 0 Å². The maximum atomic E-state index is 11.8. The van der Waals surface area contributed by atoms with Gasteiger partial charge in [0.05, 0.1) is 7.11 Å². The van der Waals surface area contributed by atoms with Gasteiger partial charge >= 0.3 is 12.0 Å². The number of imide groups is 1. The second-order valence-electron chi connectivity index (χ2n) is 3.55. The lowest BCUT2D eigenvalue weighted by Crippen LogP contribution is -2.37. The average Bonchev–Trinajstić information content (AvgIpc) is 2.43. The van der Waals surface area contributed by atoms with Crippen LogP contribution >= 0.6 is 11.8 Å². The molecule has 0 bridgehead atoms. The molecule has 108 valence electrons. The van der Waals surface area contributed by atoms with Gasteiger partial charge in [0, 0.05) is 4.90 Å². The van der Waals surface area contributed by atoms with Crippen molar-refractivity contribution in [3.05, 3.63) is 23.8 Å². The second-order valence-corrected chi connectivity index (χ2v) is 4.43. The topological polar surface area (TPSA) is 108 Å². The zero-order chi connectivity index (χ0) is 15.1. The number of rotatable bonds is 5. The highest BCUT2D eigenvalue weighted by atomic mass is 32.2. The van der Waals surface area contributed by atoms with Gasteiger partial charge in [-0.2, -0.15) is 0 Å². The van der Waals surface area contributed by atoms with E-state index in [0.29, 0.717) is 5.75 Å². The van der Waals surface area contributed by atoms with Crippen molar-refractivity contribution in [2.24, 2.45) is 5.73 Å². The van der Waals surface area contributed by atoms with Crippen molar-refractivity contribution < 1.29 is 23.9 Å². The summed E-state index contributed by atoms with van der Waals surface area (Å²) in [6.07, 6.45) is 1.89. The molecule has 0 aliphatic carbocycles. The maximum absolute atomic E-state index is 11.8. The van der Waals surface area contributed by atoms with Crippen LogP contribution in [0.25, 0.3) is 0 Å². The third kappa shape index (κ3) is 4.47. The second kappa shape index (κ2) is 7.39. The van der Waals surface area contributed by atoms with Crippen molar-refractivity contribution in [3.8, 4) is 5.75 Å². The third-order valence-corrected chi connectivity index (χ3v) is 2.95. The number of nitrogens with one attached hydrogen (secondary N) is 1. The van der Waals surface area contributed by atoms with E-state index in [2.05, 4.69) is 0 Å². The first-order valence-electron chi connectivity index (χ1n) is 5.46. The fourth-order valence-electron chi connectivity index (χ4n) is 1.35. The number of urea groups is 1. The molecule has 0 saturated carbocycles. The Labute approximate surface area is 119 Å². The van der Waals surface area contributed by atoms with Crippen LogP contribution in [-0.4, -0.2) is 37.9 Å².